The molecule has 0 aliphatic carbocycles. The van der Waals surface area contributed by atoms with E-state index in [1.807, 2.05) is 68.4 Å². The van der Waals surface area contributed by atoms with Crippen molar-refractivity contribution in [1.29, 1.82) is 5.26 Å². The van der Waals surface area contributed by atoms with Gasteiger partial charge in [0.05, 0.1) is 0 Å². The van der Waals surface area contributed by atoms with E-state index in [0.29, 0.717) is 17.9 Å². The number of ether oxygens (including phenoxy) is 1. The molecule has 0 saturated heterocycles. The van der Waals surface area contributed by atoms with Crippen LogP contribution in [0.25, 0.3) is 6.08 Å². The number of anilines is 1. The summed E-state index contributed by atoms with van der Waals surface area (Å²) in [6.45, 7) is 3.99. The molecule has 3 rings (SSSR count). The van der Waals surface area contributed by atoms with Crippen LogP contribution in [0.2, 0.25) is 0 Å². The Balaban J connectivity index is 1.70. The van der Waals surface area contributed by atoms with Crippen molar-refractivity contribution in [2.24, 2.45) is 0 Å². The van der Waals surface area contributed by atoms with Crippen molar-refractivity contribution >= 4 is 39.5 Å². The van der Waals surface area contributed by atoms with Crippen LogP contribution in [0, 0.1) is 25.2 Å². The third-order valence-electron chi connectivity index (χ3n) is 4.95. The van der Waals surface area contributed by atoms with Crippen LogP contribution in [0.1, 0.15) is 22.3 Å². The van der Waals surface area contributed by atoms with Crippen LogP contribution in [0.4, 0.5) is 5.69 Å². The molecule has 0 atom stereocenters. The number of rotatable bonds is 8. The summed E-state index contributed by atoms with van der Waals surface area (Å²) in [6.07, 6.45) is 1.45. The van der Waals surface area contributed by atoms with Gasteiger partial charge in [0.1, 0.15) is 17.4 Å². The summed E-state index contributed by atoms with van der Waals surface area (Å²) in [5.41, 5.74) is 4.14. The van der Waals surface area contributed by atoms with Crippen molar-refractivity contribution in [2.45, 2.75) is 20.4 Å². The highest BCUT2D eigenvalue weighted by atomic mass is 79.9. The fraction of sp³-hybridized carbons (Fsp3) is 0.148. The molecule has 0 aliphatic rings. The molecule has 2 N–H and O–H groups in total. The molecular weight excluding hydrogens is 494 g/mol. The van der Waals surface area contributed by atoms with Crippen LogP contribution < -0.4 is 15.4 Å². The van der Waals surface area contributed by atoms with Crippen LogP contribution >= 0.6 is 15.9 Å². The van der Waals surface area contributed by atoms with Crippen LogP contribution in [0.15, 0.2) is 76.8 Å². The van der Waals surface area contributed by atoms with Gasteiger partial charge < -0.3 is 15.4 Å². The van der Waals surface area contributed by atoms with Crippen molar-refractivity contribution in [3.63, 3.8) is 0 Å². The average Bonchev–Trinajstić information content (AvgIpc) is 2.83. The summed E-state index contributed by atoms with van der Waals surface area (Å²) >= 11 is 3.40. The number of amides is 2. The average molecular weight is 518 g/mol. The Hall–Kier alpha value is -3.89. The van der Waals surface area contributed by atoms with Crippen molar-refractivity contribution < 1.29 is 14.3 Å². The Morgan fingerprint density at radius 1 is 1.06 bits per heavy atom. The predicted octanol–water partition coefficient (Wildman–Crippen LogP) is 5.31. The van der Waals surface area contributed by atoms with E-state index in [4.69, 9.17) is 4.74 Å². The fourth-order valence-corrected chi connectivity index (χ4v) is 3.60. The lowest BCUT2D eigenvalue weighted by Crippen LogP contribution is -2.24. The van der Waals surface area contributed by atoms with Crippen LogP contribution in [0.5, 0.6) is 5.75 Å². The molecule has 3 aromatic rings. The first-order chi connectivity index (χ1) is 16.4. The fourth-order valence-electron chi connectivity index (χ4n) is 3.22. The second kappa shape index (κ2) is 11.8. The van der Waals surface area contributed by atoms with E-state index in [1.165, 1.54) is 6.08 Å². The molecule has 0 aliphatic heterocycles. The molecule has 2 amide bonds. The van der Waals surface area contributed by atoms with Gasteiger partial charge in [0.2, 0.25) is 0 Å². The largest absolute Gasteiger partial charge is 0.483 e. The highest BCUT2D eigenvalue weighted by Crippen LogP contribution is 2.26. The minimum absolute atomic E-state index is 0.0707. The van der Waals surface area contributed by atoms with Gasteiger partial charge in [0.15, 0.2) is 6.61 Å². The second-order valence-electron chi connectivity index (χ2n) is 7.68. The van der Waals surface area contributed by atoms with Gasteiger partial charge in [0.25, 0.3) is 11.8 Å². The molecule has 0 fully saturated rings. The Morgan fingerprint density at radius 2 is 1.82 bits per heavy atom. The standard InChI is InChI=1S/C27H24BrN3O3/c1-18-8-10-24(19(2)12-18)31-26(32)17-34-25-11-9-23(28)14-21(25)13-22(15-29)27(33)30-16-20-6-4-3-5-7-20/h3-14H,16-17H2,1-2H3,(H,30,33)(H,31,32)/b22-13+. The van der Waals surface area contributed by atoms with Crippen molar-refractivity contribution in [2.75, 3.05) is 11.9 Å². The number of hydrogen-bond donors (Lipinski definition) is 2. The zero-order valence-electron chi connectivity index (χ0n) is 18.9. The molecule has 0 bridgehead atoms. The molecule has 34 heavy (non-hydrogen) atoms. The van der Waals surface area contributed by atoms with Crippen LogP contribution in [-0.2, 0) is 16.1 Å². The number of carbonyl (C=O) groups is 2. The zero-order valence-corrected chi connectivity index (χ0v) is 20.5. The molecule has 0 radical (unpaired) electrons. The van der Waals surface area contributed by atoms with Gasteiger partial charge in [-0.05, 0) is 55.3 Å². The number of carbonyl (C=O) groups excluding carboxylic acids is 2. The first-order valence-corrected chi connectivity index (χ1v) is 11.4. The number of benzene rings is 3. The maximum Gasteiger partial charge on any atom is 0.262 e. The number of halogens is 1. The van der Waals surface area contributed by atoms with Gasteiger partial charge >= 0.3 is 0 Å². The van der Waals surface area contributed by atoms with E-state index in [-0.39, 0.29) is 18.1 Å². The Labute approximate surface area is 207 Å². The number of nitrogens with zero attached hydrogens (tertiary/aromatic N) is 1. The third kappa shape index (κ3) is 7.06. The number of nitriles is 1. The molecule has 0 aromatic heterocycles. The minimum atomic E-state index is -0.495. The molecule has 6 nitrogen and oxygen atoms in total. The van der Waals surface area contributed by atoms with E-state index in [0.717, 1.165) is 26.9 Å². The summed E-state index contributed by atoms with van der Waals surface area (Å²) in [5, 5.41) is 15.1. The molecular formula is C27H24BrN3O3. The molecule has 3 aromatic carbocycles. The first kappa shape index (κ1) is 24.7. The third-order valence-corrected chi connectivity index (χ3v) is 5.44. The van der Waals surface area contributed by atoms with Gasteiger partial charge in [-0.3, -0.25) is 9.59 Å². The topological polar surface area (TPSA) is 91.2 Å². The Kier molecular flexibility index (Phi) is 8.60. The van der Waals surface area contributed by atoms with Crippen LogP contribution in [-0.4, -0.2) is 18.4 Å². The molecule has 0 heterocycles. The second-order valence-corrected chi connectivity index (χ2v) is 8.59. The molecule has 0 unspecified atom stereocenters. The van der Waals surface area contributed by atoms with E-state index in [9.17, 15) is 14.9 Å². The molecule has 7 heteroatoms. The lowest BCUT2D eigenvalue weighted by molar-refractivity contribution is -0.118. The number of hydrogen-bond acceptors (Lipinski definition) is 4. The van der Waals surface area contributed by atoms with E-state index >= 15 is 0 Å². The number of nitrogens with one attached hydrogen (secondary N) is 2. The van der Waals surface area contributed by atoms with Crippen LogP contribution in [0.3, 0.4) is 0 Å². The van der Waals surface area contributed by atoms with Gasteiger partial charge in [-0.2, -0.15) is 5.26 Å². The summed E-state index contributed by atoms with van der Waals surface area (Å²) in [7, 11) is 0. The quantitative estimate of drug-likeness (QED) is 0.313. The van der Waals surface area contributed by atoms with E-state index < -0.39 is 5.91 Å². The highest BCUT2D eigenvalue weighted by molar-refractivity contribution is 9.10. The highest BCUT2D eigenvalue weighted by Gasteiger charge is 2.13. The van der Waals surface area contributed by atoms with Gasteiger partial charge in [-0.25, -0.2) is 0 Å². The van der Waals surface area contributed by atoms with Gasteiger partial charge in [-0.1, -0.05) is 64.0 Å². The predicted molar refractivity (Wildman–Crippen MR) is 136 cm³/mol. The lowest BCUT2D eigenvalue weighted by atomic mass is 10.1. The maximum absolute atomic E-state index is 12.6. The van der Waals surface area contributed by atoms with Gasteiger partial charge in [-0.15, -0.1) is 0 Å². The van der Waals surface area contributed by atoms with Gasteiger partial charge in [0, 0.05) is 22.3 Å². The van der Waals surface area contributed by atoms with Crippen molar-refractivity contribution in [3.8, 4) is 11.8 Å². The summed E-state index contributed by atoms with van der Waals surface area (Å²) in [4.78, 5) is 25.0. The number of aryl methyl sites for hydroxylation is 2. The monoisotopic (exact) mass is 517 g/mol. The smallest absolute Gasteiger partial charge is 0.262 e. The normalized spacial score (nSPS) is 10.8. The summed E-state index contributed by atoms with van der Waals surface area (Å²) in [6, 6.07) is 22.3. The first-order valence-electron chi connectivity index (χ1n) is 10.6. The van der Waals surface area contributed by atoms with E-state index in [1.54, 1.807) is 18.2 Å². The minimum Gasteiger partial charge on any atom is -0.483 e. The SMILES string of the molecule is Cc1ccc(NC(=O)COc2ccc(Br)cc2/C=C(\C#N)C(=O)NCc2ccccc2)c(C)c1. The lowest BCUT2D eigenvalue weighted by Gasteiger charge is -2.12. The maximum atomic E-state index is 12.6. The van der Waals surface area contributed by atoms with E-state index in [2.05, 4.69) is 26.6 Å². The Morgan fingerprint density at radius 3 is 2.53 bits per heavy atom. The Bertz CT molecular complexity index is 1260. The van der Waals surface area contributed by atoms with Crippen molar-refractivity contribution in [1.82, 2.24) is 5.32 Å². The zero-order chi connectivity index (χ0) is 24.5. The summed E-state index contributed by atoms with van der Waals surface area (Å²) < 4.78 is 6.47. The summed E-state index contributed by atoms with van der Waals surface area (Å²) in [5.74, 6) is -0.432. The molecule has 172 valence electrons. The molecule has 0 saturated carbocycles. The molecule has 0 spiro atoms. The van der Waals surface area contributed by atoms with Crippen molar-refractivity contribution in [3.05, 3.63) is 99.0 Å².